The molecule has 0 amide bonds. The predicted molar refractivity (Wildman–Crippen MR) is 218 cm³/mol. The zero-order valence-electron chi connectivity index (χ0n) is 35.5. The molecule has 51 heavy (non-hydrogen) atoms. The SMILES string of the molecule is CCc1ncsc1C(C)(C)C.Cc1nccn1C(C)(C)C.Cc1ncoc1C(C)(C)C.Cc1ncsc1C(C)(C)C.Cc1nocc1C(C)(C)C. The zero-order valence-corrected chi connectivity index (χ0v) is 37.1. The summed E-state index contributed by atoms with van der Waals surface area (Å²) in [6.07, 6.45) is 8.11. The lowest BCUT2D eigenvalue weighted by Gasteiger charge is -2.21. The first-order valence-corrected chi connectivity index (χ1v) is 19.5. The second kappa shape index (κ2) is 18.6. The largest absolute Gasteiger partial charge is 0.448 e. The van der Waals surface area contributed by atoms with Crippen LogP contribution < -0.4 is 0 Å². The van der Waals surface area contributed by atoms with E-state index in [-0.39, 0.29) is 27.2 Å². The molecule has 5 rings (SSSR count). The molecule has 0 spiro atoms. The number of nitrogens with zero attached hydrogens (tertiary/aromatic N) is 6. The highest BCUT2D eigenvalue weighted by molar-refractivity contribution is 7.10. The molecule has 0 radical (unpaired) electrons. The van der Waals surface area contributed by atoms with Crippen LogP contribution in [0.3, 0.4) is 0 Å². The van der Waals surface area contributed by atoms with Crippen molar-refractivity contribution in [3.63, 3.8) is 0 Å². The molecule has 0 N–H and O–H groups in total. The third-order valence-electron chi connectivity index (χ3n) is 7.62. The number of thiazole rings is 2. The van der Waals surface area contributed by atoms with Crippen molar-refractivity contribution in [3.8, 4) is 0 Å². The smallest absolute Gasteiger partial charge is 0.181 e. The summed E-state index contributed by atoms with van der Waals surface area (Å²) in [5, 5.41) is 3.81. The van der Waals surface area contributed by atoms with Crippen LogP contribution in [-0.4, -0.2) is 29.7 Å². The Morgan fingerprint density at radius 2 is 1.18 bits per heavy atom. The van der Waals surface area contributed by atoms with Gasteiger partial charge in [0.2, 0.25) is 0 Å². The lowest BCUT2D eigenvalue weighted by molar-refractivity contribution is 0.388. The Morgan fingerprint density at radius 3 is 1.41 bits per heavy atom. The normalized spacial score (nSPS) is 12.0. The van der Waals surface area contributed by atoms with E-state index in [2.05, 4.69) is 147 Å². The molecule has 0 aliphatic carbocycles. The Labute approximate surface area is 318 Å². The molecule has 0 fully saturated rings. The van der Waals surface area contributed by atoms with Gasteiger partial charge in [0, 0.05) is 38.7 Å². The van der Waals surface area contributed by atoms with Gasteiger partial charge in [-0.1, -0.05) is 95.2 Å². The van der Waals surface area contributed by atoms with E-state index in [9.17, 15) is 0 Å². The molecule has 0 saturated carbocycles. The van der Waals surface area contributed by atoms with Crippen molar-refractivity contribution >= 4 is 22.7 Å². The van der Waals surface area contributed by atoms with Crippen molar-refractivity contribution in [1.82, 2.24) is 29.7 Å². The van der Waals surface area contributed by atoms with Crippen LogP contribution in [0.15, 0.2) is 45.0 Å². The van der Waals surface area contributed by atoms with Gasteiger partial charge < -0.3 is 13.5 Å². The van der Waals surface area contributed by atoms with E-state index in [1.54, 1.807) is 28.9 Å². The lowest BCUT2D eigenvalue weighted by atomic mass is 9.88. The summed E-state index contributed by atoms with van der Waals surface area (Å²) in [6, 6.07) is 0. The molecular formula is C41H68N6O2S2. The van der Waals surface area contributed by atoms with Crippen molar-refractivity contribution in [2.24, 2.45) is 0 Å². The van der Waals surface area contributed by atoms with Crippen LogP contribution in [0.4, 0.5) is 0 Å². The second-order valence-corrected chi connectivity index (χ2v) is 19.6. The summed E-state index contributed by atoms with van der Waals surface area (Å²) >= 11 is 3.52. The summed E-state index contributed by atoms with van der Waals surface area (Å²) in [5.41, 5.74) is 10.4. The molecule has 5 aromatic heterocycles. The van der Waals surface area contributed by atoms with E-state index in [1.807, 2.05) is 44.2 Å². The molecule has 8 nitrogen and oxygen atoms in total. The quantitative estimate of drug-likeness (QED) is 0.169. The Morgan fingerprint density at radius 1 is 0.627 bits per heavy atom. The standard InChI is InChI=1S/C9H15NS.C8H14N2.2C8H13NO.C8H13NS/c1-5-7-8(9(2,3)4)11-6-10-7;1-7-9-5-6-10(7)8(2,3)4;1-6-7(8(2,3)4)10-5-9-6;1-6-7(5-10-9-6)8(2,3)4;1-6-7(8(2,3)4)10-5-9-6/h6H,5H2,1-4H3;5-6H,1-4H3;3*5H,1-4H3. The minimum absolute atomic E-state index is 0.0839. The van der Waals surface area contributed by atoms with Crippen molar-refractivity contribution < 1.29 is 8.94 Å². The van der Waals surface area contributed by atoms with Crippen molar-refractivity contribution in [1.29, 1.82) is 0 Å². The fourth-order valence-corrected chi connectivity index (χ4v) is 7.14. The molecule has 0 aliphatic heterocycles. The highest BCUT2D eigenvalue weighted by atomic mass is 32.1. The van der Waals surface area contributed by atoms with Crippen LogP contribution in [-0.2, 0) is 33.6 Å². The van der Waals surface area contributed by atoms with Gasteiger partial charge in [0.25, 0.3) is 0 Å². The van der Waals surface area contributed by atoms with Gasteiger partial charge in [-0.2, -0.15) is 0 Å². The summed E-state index contributed by atoms with van der Waals surface area (Å²) in [4.78, 5) is 19.5. The molecule has 0 saturated heterocycles. The third-order valence-corrected chi connectivity index (χ3v) is 10.3. The number of oxazole rings is 1. The Kier molecular flexibility index (Phi) is 16.7. The van der Waals surface area contributed by atoms with Gasteiger partial charge in [0.15, 0.2) is 6.39 Å². The number of rotatable bonds is 1. The molecule has 0 atom stereocenters. The molecular weight excluding hydrogens is 673 g/mol. The van der Waals surface area contributed by atoms with Gasteiger partial charge in [-0.25, -0.2) is 19.9 Å². The molecule has 0 aliphatic rings. The summed E-state index contributed by atoms with van der Waals surface area (Å²) < 4.78 is 12.2. The topological polar surface area (TPSA) is 95.7 Å². The number of hydrogen-bond donors (Lipinski definition) is 0. The van der Waals surface area contributed by atoms with Crippen molar-refractivity contribution in [2.75, 3.05) is 0 Å². The van der Waals surface area contributed by atoms with Crippen molar-refractivity contribution in [2.45, 2.75) is 172 Å². The monoisotopic (exact) mass is 740 g/mol. The molecule has 286 valence electrons. The Balaban J connectivity index is 0.000000319. The number of hydrogen-bond acceptors (Lipinski definition) is 9. The lowest BCUT2D eigenvalue weighted by Crippen LogP contribution is -2.21. The molecule has 0 unspecified atom stereocenters. The van der Waals surface area contributed by atoms with Gasteiger partial charge in [-0.05, 0) is 71.1 Å². The van der Waals surface area contributed by atoms with Crippen molar-refractivity contribution in [3.05, 3.63) is 85.7 Å². The van der Waals surface area contributed by atoms with Crippen LogP contribution >= 0.6 is 22.7 Å². The zero-order chi connectivity index (χ0) is 39.6. The van der Waals surface area contributed by atoms with E-state index in [1.165, 1.54) is 33.1 Å². The fraction of sp³-hybridized carbons (Fsp3) is 0.634. The van der Waals surface area contributed by atoms with Gasteiger partial charge in [-0.15, -0.1) is 22.7 Å². The van der Waals surface area contributed by atoms with Gasteiger partial charge in [0.05, 0.1) is 33.8 Å². The van der Waals surface area contributed by atoms with E-state index < -0.39 is 0 Å². The van der Waals surface area contributed by atoms with E-state index >= 15 is 0 Å². The second-order valence-electron chi connectivity index (χ2n) is 17.8. The number of aromatic nitrogens is 6. The summed E-state index contributed by atoms with van der Waals surface area (Å²) in [6.45, 7) is 42.8. The maximum atomic E-state index is 5.22. The van der Waals surface area contributed by atoms with Crippen LogP contribution in [0.5, 0.6) is 0 Å². The molecule has 10 heteroatoms. The maximum absolute atomic E-state index is 5.22. The molecule has 0 bridgehead atoms. The first-order valence-electron chi connectivity index (χ1n) is 17.8. The van der Waals surface area contributed by atoms with Crippen LogP contribution in [0.1, 0.15) is 160 Å². The third kappa shape index (κ3) is 15.2. The minimum Gasteiger partial charge on any atom is -0.448 e. The van der Waals surface area contributed by atoms with E-state index in [0.29, 0.717) is 0 Å². The highest BCUT2D eigenvalue weighted by Crippen LogP contribution is 2.30. The first kappa shape index (κ1) is 45.9. The van der Waals surface area contributed by atoms with Gasteiger partial charge in [-0.3, -0.25) is 0 Å². The highest BCUT2D eigenvalue weighted by Gasteiger charge is 2.21. The predicted octanol–water partition coefficient (Wildman–Crippen LogP) is 12.3. The minimum atomic E-state index is 0.0839. The number of aryl methyl sites for hydroxylation is 5. The molecule has 0 aromatic carbocycles. The van der Waals surface area contributed by atoms with Crippen LogP contribution in [0.25, 0.3) is 0 Å². The maximum Gasteiger partial charge on any atom is 0.181 e. The summed E-state index contributed by atoms with van der Waals surface area (Å²) in [7, 11) is 0. The van der Waals surface area contributed by atoms with E-state index in [4.69, 9.17) is 8.94 Å². The Bertz CT molecular complexity index is 1500. The average Bonchev–Trinajstić information content (AvgIpc) is 3.78. The molecule has 5 aromatic rings. The Hall–Kier alpha value is -3.11. The number of imidazole rings is 1. The summed E-state index contributed by atoms with van der Waals surface area (Å²) in [5.74, 6) is 2.06. The first-order chi connectivity index (χ1) is 23.1. The van der Waals surface area contributed by atoms with Crippen LogP contribution in [0, 0.1) is 27.7 Å². The van der Waals surface area contributed by atoms with Gasteiger partial charge in [0.1, 0.15) is 17.8 Å². The fourth-order valence-electron chi connectivity index (χ4n) is 5.27. The van der Waals surface area contributed by atoms with Gasteiger partial charge >= 0.3 is 0 Å². The van der Waals surface area contributed by atoms with Crippen LogP contribution in [0.2, 0.25) is 0 Å². The average molecular weight is 741 g/mol. The van der Waals surface area contributed by atoms with E-state index in [0.717, 1.165) is 29.4 Å². The molecule has 5 heterocycles.